The van der Waals surface area contributed by atoms with Crippen LogP contribution in [-0.2, 0) is 16.6 Å². The number of amidine groups is 2. The van der Waals surface area contributed by atoms with Crippen molar-refractivity contribution in [2.45, 2.75) is 11.4 Å². The van der Waals surface area contributed by atoms with Gasteiger partial charge in [-0.15, -0.1) is 4.40 Å². The van der Waals surface area contributed by atoms with Crippen LogP contribution in [0.5, 0.6) is 0 Å². The number of nitrogens with zero attached hydrogens (tertiary/aromatic N) is 3. The molecule has 0 saturated heterocycles. The van der Waals surface area contributed by atoms with Gasteiger partial charge in [-0.3, -0.25) is 0 Å². The van der Waals surface area contributed by atoms with Gasteiger partial charge in [-0.1, -0.05) is 54.1 Å². The van der Waals surface area contributed by atoms with E-state index in [1.165, 1.54) is 12.1 Å². The molecule has 2 heterocycles. The third kappa shape index (κ3) is 3.21. The molecule has 0 saturated carbocycles. The summed E-state index contributed by atoms with van der Waals surface area (Å²) < 4.78 is 29.5. The average Bonchev–Trinajstić information content (AvgIpc) is 2.78. The van der Waals surface area contributed by atoms with Gasteiger partial charge in [0.1, 0.15) is 5.84 Å². The average molecular weight is 384 g/mol. The molecule has 0 unspecified atom stereocenters. The van der Waals surface area contributed by atoms with E-state index >= 15 is 0 Å². The third-order valence-corrected chi connectivity index (χ3v) is 5.54. The molecule has 2 aromatic carbocycles. The molecule has 0 aliphatic carbocycles. The maximum Gasteiger partial charge on any atom is 0.284 e. The van der Waals surface area contributed by atoms with Crippen LogP contribution in [0.3, 0.4) is 0 Å². The Bertz CT molecular complexity index is 1090. The Morgan fingerprint density at radius 3 is 2.54 bits per heavy atom. The summed E-state index contributed by atoms with van der Waals surface area (Å²) in [6.45, 7) is 0.528. The van der Waals surface area contributed by atoms with Gasteiger partial charge in [0.2, 0.25) is 0 Å². The fraction of sp³-hybridized carbons (Fsp3) is 0.0526. The molecule has 0 aromatic heterocycles. The maximum absolute atomic E-state index is 12.7. The second-order valence-electron chi connectivity index (χ2n) is 5.81. The number of sulfonamides is 1. The molecular formula is C19H14ClN3O2S. The van der Waals surface area contributed by atoms with Gasteiger partial charge in [0.05, 0.1) is 9.93 Å². The summed E-state index contributed by atoms with van der Waals surface area (Å²) in [6.07, 6.45) is 5.24. The number of benzene rings is 2. The van der Waals surface area contributed by atoms with Gasteiger partial charge >= 0.3 is 0 Å². The second-order valence-corrected chi connectivity index (χ2v) is 7.85. The van der Waals surface area contributed by atoms with Crippen molar-refractivity contribution < 1.29 is 8.42 Å². The van der Waals surface area contributed by atoms with E-state index < -0.39 is 10.0 Å². The van der Waals surface area contributed by atoms with Gasteiger partial charge in [-0.25, -0.2) is 4.99 Å². The van der Waals surface area contributed by atoms with E-state index in [0.717, 1.165) is 5.56 Å². The van der Waals surface area contributed by atoms with Gasteiger partial charge in [0.25, 0.3) is 10.0 Å². The molecule has 0 amide bonds. The zero-order valence-corrected chi connectivity index (χ0v) is 15.2. The Morgan fingerprint density at radius 1 is 1.00 bits per heavy atom. The van der Waals surface area contributed by atoms with Gasteiger partial charge in [0, 0.05) is 18.3 Å². The molecule has 0 N–H and O–H groups in total. The lowest BCUT2D eigenvalue weighted by Gasteiger charge is -2.21. The fourth-order valence-corrected chi connectivity index (χ4v) is 3.95. The van der Waals surface area contributed by atoms with E-state index in [0.29, 0.717) is 23.0 Å². The first-order chi connectivity index (χ1) is 12.5. The van der Waals surface area contributed by atoms with E-state index in [1.54, 1.807) is 36.6 Å². The number of hydrogen-bond acceptors (Lipinski definition) is 3. The SMILES string of the molecule is O=S(=O)(/N=C1/N=C2C=CC(Cl)=CN2Cc2ccccc21)c1ccccc1. The number of fused-ring (bicyclic) bond motifs is 2. The lowest BCUT2D eigenvalue weighted by molar-refractivity contribution is 0.554. The van der Waals surface area contributed by atoms with Crippen LogP contribution in [0, 0.1) is 0 Å². The topological polar surface area (TPSA) is 62.1 Å². The minimum Gasteiger partial charge on any atom is -0.327 e. The van der Waals surface area contributed by atoms with E-state index in [4.69, 9.17) is 11.6 Å². The fourth-order valence-electron chi connectivity index (χ4n) is 2.79. The van der Waals surface area contributed by atoms with Crippen LogP contribution < -0.4 is 0 Å². The quantitative estimate of drug-likeness (QED) is 0.794. The van der Waals surface area contributed by atoms with E-state index in [-0.39, 0.29) is 10.7 Å². The lowest BCUT2D eigenvalue weighted by Crippen LogP contribution is -2.25. The van der Waals surface area contributed by atoms with Crippen molar-refractivity contribution in [3.8, 4) is 0 Å². The Hall–Kier alpha value is -2.70. The van der Waals surface area contributed by atoms with Crippen LogP contribution >= 0.6 is 11.6 Å². The third-order valence-electron chi connectivity index (χ3n) is 4.03. The monoisotopic (exact) mass is 383 g/mol. The number of halogens is 1. The van der Waals surface area contributed by atoms with Crippen LogP contribution in [0.1, 0.15) is 11.1 Å². The number of allylic oxidation sites excluding steroid dienone is 2. The van der Waals surface area contributed by atoms with Crippen molar-refractivity contribution in [2.75, 3.05) is 0 Å². The second kappa shape index (κ2) is 6.55. The smallest absolute Gasteiger partial charge is 0.284 e. The van der Waals surface area contributed by atoms with Crippen molar-refractivity contribution in [1.82, 2.24) is 4.90 Å². The summed E-state index contributed by atoms with van der Waals surface area (Å²) in [7, 11) is -3.87. The predicted molar refractivity (Wildman–Crippen MR) is 103 cm³/mol. The van der Waals surface area contributed by atoms with Gasteiger partial charge in [-0.2, -0.15) is 8.42 Å². The van der Waals surface area contributed by atoms with Crippen LogP contribution in [0.4, 0.5) is 0 Å². The first-order valence-electron chi connectivity index (χ1n) is 7.92. The standard InChI is InChI=1S/C19H14ClN3O2S/c20-15-10-11-18-21-19(22-26(24,25)16-7-2-1-3-8-16)17-9-5-4-6-14(17)12-23(18)13-15/h1-11,13H,12H2/b22-19+. The Balaban J connectivity index is 1.89. The van der Waals surface area contributed by atoms with E-state index in [9.17, 15) is 8.42 Å². The molecule has 7 heteroatoms. The van der Waals surface area contributed by atoms with Crippen molar-refractivity contribution in [2.24, 2.45) is 9.39 Å². The highest BCUT2D eigenvalue weighted by Crippen LogP contribution is 2.24. The number of aliphatic imine (C=N–C) groups is 1. The highest BCUT2D eigenvalue weighted by atomic mass is 35.5. The van der Waals surface area contributed by atoms with Crippen molar-refractivity contribution in [3.05, 3.63) is 89.1 Å². The molecule has 0 spiro atoms. The highest BCUT2D eigenvalue weighted by molar-refractivity contribution is 7.90. The molecule has 0 fully saturated rings. The van der Waals surface area contributed by atoms with Crippen LogP contribution in [0.15, 0.2) is 92.3 Å². The molecule has 2 aliphatic rings. The van der Waals surface area contributed by atoms with Crippen molar-refractivity contribution in [1.29, 1.82) is 0 Å². The van der Waals surface area contributed by atoms with E-state index in [2.05, 4.69) is 9.39 Å². The van der Waals surface area contributed by atoms with Gasteiger partial charge in [-0.05, 0) is 29.8 Å². The van der Waals surface area contributed by atoms with Crippen LogP contribution in [0.2, 0.25) is 0 Å². The zero-order chi connectivity index (χ0) is 18.1. The summed E-state index contributed by atoms with van der Waals surface area (Å²) in [6, 6.07) is 15.6. The Kier molecular flexibility index (Phi) is 4.22. The molecular weight excluding hydrogens is 370 g/mol. The predicted octanol–water partition coefficient (Wildman–Crippen LogP) is 3.69. The van der Waals surface area contributed by atoms with Crippen LogP contribution in [0.25, 0.3) is 0 Å². The summed E-state index contributed by atoms with van der Waals surface area (Å²) >= 11 is 6.09. The minimum atomic E-state index is -3.87. The summed E-state index contributed by atoms with van der Waals surface area (Å²) in [5.74, 6) is 0.755. The number of rotatable bonds is 2. The maximum atomic E-state index is 12.7. The minimum absolute atomic E-state index is 0.133. The molecule has 2 aliphatic heterocycles. The molecule has 0 bridgehead atoms. The Labute approximate surface area is 156 Å². The molecule has 130 valence electrons. The largest absolute Gasteiger partial charge is 0.327 e. The summed E-state index contributed by atoms with van der Waals surface area (Å²) in [4.78, 5) is 6.51. The molecule has 0 atom stereocenters. The lowest BCUT2D eigenvalue weighted by atomic mass is 10.1. The molecule has 0 radical (unpaired) electrons. The first kappa shape index (κ1) is 16.8. The van der Waals surface area contributed by atoms with E-state index in [1.807, 2.05) is 29.2 Å². The summed E-state index contributed by atoms with van der Waals surface area (Å²) in [5, 5.41) is 0.582. The highest BCUT2D eigenvalue weighted by Gasteiger charge is 2.23. The Morgan fingerprint density at radius 2 is 1.73 bits per heavy atom. The zero-order valence-electron chi connectivity index (χ0n) is 13.6. The molecule has 2 aromatic rings. The van der Waals surface area contributed by atoms with Gasteiger partial charge in [0.15, 0.2) is 5.84 Å². The van der Waals surface area contributed by atoms with Crippen molar-refractivity contribution >= 4 is 33.3 Å². The molecule has 5 nitrogen and oxygen atoms in total. The van der Waals surface area contributed by atoms with Gasteiger partial charge < -0.3 is 4.90 Å². The molecule has 26 heavy (non-hydrogen) atoms. The normalized spacial score (nSPS) is 17.9. The molecule has 4 rings (SSSR count). The summed E-state index contributed by atoms with van der Waals surface area (Å²) in [5.41, 5.74) is 1.61. The van der Waals surface area contributed by atoms with Crippen molar-refractivity contribution in [3.63, 3.8) is 0 Å². The first-order valence-corrected chi connectivity index (χ1v) is 9.74. The van der Waals surface area contributed by atoms with Crippen LogP contribution in [-0.4, -0.2) is 25.0 Å². The number of hydrogen-bond donors (Lipinski definition) is 0.